The zero-order valence-corrected chi connectivity index (χ0v) is 13.0. The van der Waals surface area contributed by atoms with E-state index >= 15 is 0 Å². The van der Waals surface area contributed by atoms with E-state index in [0.29, 0.717) is 0 Å². The quantitative estimate of drug-likeness (QED) is 0.771. The molecule has 0 saturated carbocycles. The molecule has 0 amide bonds. The van der Waals surface area contributed by atoms with Crippen molar-refractivity contribution in [3.63, 3.8) is 0 Å². The van der Waals surface area contributed by atoms with E-state index in [1.807, 2.05) is 0 Å². The monoisotopic (exact) mass is 284 g/mol. The van der Waals surface area contributed by atoms with Crippen molar-refractivity contribution in [2.24, 2.45) is 5.92 Å². The average Bonchev–Trinajstić information content (AvgIpc) is 2.28. The molecule has 0 aromatic carbocycles. The van der Waals surface area contributed by atoms with Gasteiger partial charge in [0, 0.05) is 0 Å². The standard InChI is InChI=1S/C13H28N2.2ClH/c1-3-9-15(10-4-2)11-7-13-6-5-8-14-12-13;;/h13-14H,3-12H2,1-2H3;2*1H. The van der Waals surface area contributed by atoms with Gasteiger partial charge in [0.1, 0.15) is 0 Å². The topological polar surface area (TPSA) is 15.3 Å². The Labute approximate surface area is 120 Å². The highest BCUT2D eigenvalue weighted by atomic mass is 35.5. The first-order valence-corrected chi connectivity index (χ1v) is 6.79. The maximum Gasteiger partial charge on any atom is -0.00156 e. The molecule has 0 spiro atoms. The van der Waals surface area contributed by atoms with Crippen molar-refractivity contribution < 1.29 is 0 Å². The molecule has 1 fully saturated rings. The Morgan fingerprint density at radius 2 is 1.71 bits per heavy atom. The van der Waals surface area contributed by atoms with Gasteiger partial charge < -0.3 is 10.2 Å². The van der Waals surface area contributed by atoms with E-state index in [-0.39, 0.29) is 24.8 Å². The fourth-order valence-corrected chi connectivity index (χ4v) is 2.50. The van der Waals surface area contributed by atoms with Crippen molar-refractivity contribution in [3.05, 3.63) is 0 Å². The summed E-state index contributed by atoms with van der Waals surface area (Å²) in [5.41, 5.74) is 0. The van der Waals surface area contributed by atoms with Crippen LogP contribution in [0.4, 0.5) is 0 Å². The summed E-state index contributed by atoms with van der Waals surface area (Å²) in [6.45, 7) is 10.9. The Kier molecular flexibility index (Phi) is 15.1. The molecule has 1 aliphatic heterocycles. The van der Waals surface area contributed by atoms with Crippen LogP contribution in [0, 0.1) is 5.92 Å². The lowest BCUT2D eigenvalue weighted by atomic mass is 9.96. The van der Waals surface area contributed by atoms with Gasteiger partial charge >= 0.3 is 0 Å². The fourth-order valence-electron chi connectivity index (χ4n) is 2.50. The molecule has 17 heavy (non-hydrogen) atoms. The molecule has 0 aliphatic carbocycles. The molecule has 1 aliphatic rings. The highest BCUT2D eigenvalue weighted by Gasteiger charge is 2.13. The van der Waals surface area contributed by atoms with Crippen LogP contribution in [0.15, 0.2) is 0 Å². The summed E-state index contributed by atoms with van der Waals surface area (Å²) in [5, 5.41) is 3.50. The summed E-state index contributed by atoms with van der Waals surface area (Å²) in [4.78, 5) is 2.63. The van der Waals surface area contributed by atoms with Gasteiger partial charge in [-0.05, 0) is 70.7 Å². The van der Waals surface area contributed by atoms with Crippen LogP contribution in [0.2, 0.25) is 0 Å². The van der Waals surface area contributed by atoms with Crippen molar-refractivity contribution in [2.45, 2.75) is 46.0 Å². The Balaban J connectivity index is 0. The van der Waals surface area contributed by atoms with Crippen LogP contribution >= 0.6 is 24.8 Å². The van der Waals surface area contributed by atoms with Gasteiger partial charge in [0.15, 0.2) is 0 Å². The molecule has 1 rings (SSSR count). The third-order valence-electron chi connectivity index (χ3n) is 3.33. The lowest BCUT2D eigenvalue weighted by Gasteiger charge is -2.27. The van der Waals surface area contributed by atoms with Gasteiger partial charge in [-0.15, -0.1) is 24.8 Å². The minimum Gasteiger partial charge on any atom is -0.316 e. The summed E-state index contributed by atoms with van der Waals surface area (Å²) in [6, 6.07) is 0. The molecule has 1 heterocycles. The molecular weight excluding hydrogens is 255 g/mol. The van der Waals surface area contributed by atoms with Gasteiger partial charge in [0.05, 0.1) is 0 Å². The van der Waals surface area contributed by atoms with Gasteiger partial charge in [-0.25, -0.2) is 0 Å². The number of halogens is 2. The predicted molar refractivity (Wildman–Crippen MR) is 81.7 cm³/mol. The summed E-state index contributed by atoms with van der Waals surface area (Å²) >= 11 is 0. The van der Waals surface area contributed by atoms with Crippen LogP contribution in [-0.4, -0.2) is 37.6 Å². The normalized spacial score (nSPS) is 19.6. The van der Waals surface area contributed by atoms with E-state index < -0.39 is 0 Å². The zero-order chi connectivity index (χ0) is 10.9. The maximum atomic E-state index is 3.50. The molecule has 0 aromatic rings. The lowest BCUT2D eigenvalue weighted by Crippen LogP contribution is -2.33. The molecule has 1 N–H and O–H groups in total. The summed E-state index contributed by atoms with van der Waals surface area (Å²) in [5.74, 6) is 0.940. The lowest BCUT2D eigenvalue weighted by molar-refractivity contribution is 0.237. The smallest absolute Gasteiger partial charge is 0.00156 e. The fraction of sp³-hybridized carbons (Fsp3) is 1.00. The summed E-state index contributed by atoms with van der Waals surface area (Å²) < 4.78 is 0. The van der Waals surface area contributed by atoms with Gasteiger partial charge in [-0.1, -0.05) is 13.8 Å². The van der Waals surface area contributed by atoms with Gasteiger partial charge in [0.25, 0.3) is 0 Å². The van der Waals surface area contributed by atoms with Crippen molar-refractivity contribution in [3.8, 4) is 0 Å². The third-order valence-corrected chi connectivity index (χ3v) is 3.33. The van der Waals surface area contributed by atoms with Crippen molar-refractivity contribution in [1.29, 1.82) is 0 Å². The number of hydrogen-bond donors (Lipinski definition) is 1. The molecule has 0 radical (unpaired) electrons. The largest absolute Gasteiger partial charge is 0.316 e. The van der Waals surface area contributed by atoms with E-state index in [0.717, 1.165) is 5.92 Å². The Hall–Kier alpha value is 0.500. The van der Waals surface area contributed by atoms with Crippen LogP contribution in [0.3, 0.4) is 0 Å². The molecule has 106 valence electrons. The van der Waals surface area contributed by atoms with E-state index in [4.69, 9.17) is 0 Å². The predicted octanol–water partition coefficient (Wildman–Crippen LogP) is 3.34. The highest BCUT2D eigenvalue weighted by Crippen LogP contribution is 2.14. The molecular formula is C13H30Cl2N2. The van der Waals surface area contributed by atoms with Crippen LogP contribution < -0.4 is 5.32 Å². The van der Waals surface area contributed by atoms with E-state index in [9.17, 15) is 0 Å². The SMILES string of the molecule is CCCN(CCC)CCC1CCCNC1.Cl.Cl. The number of nitrogens with zero attached hydrogens (tertiary/aromatic N) is 1. The molecule has 2 nitrogen and oxygen atoms in total. The maximum absolute atomic E-state index is 3.50. The Morgan fingerprint density at radius 3 is 2.18 bits per heavy atom. The zero-order valence-electron chi connectivity index (χ0n) is 11.4. The van der Waals surface area contributed by atoms with Gasteiger partial charge in [0.2, 0.25) is 0 Å². The second kappa shape index (κ2) is 12.9. The average molecular weight is 285 g/mol. The van der Waals surface area contributed by atoms with Gasteiger partial charge in [-0.3, -0.25) is 0 Å². The second-order valence-electron chi connectivity index (χ2n) is 4.84. The van der Waals surface area contributed by atoms with E-state index in [2.05, 4.69) is 24.1 Å². The summed E-state index contributed by atoms with van der Waals surface area (Å²) in [6.07, 6.45) is 6.81. The first kappa shape index (κ1) is 19.8. The first-order chi connectivity index (χ1) is 7.36. The Bertz CT molecular complexity index is 144. The van der Waals surface area contributed by atoms with E-state index in [1.165, 1.54) is 64.8 Å². The number of rotatable bonds is 7. The Morgan fingerprint density at radius 1 is 1.06 bits per heavy atom. The van der Waals surface area contributed by atoms with Crippen LogP contribution in [0.1, 0.15) is 46.0 Å². The number of piperidine rings is 1. The molecule has 1 atom stereocenters. The van der Waals surface area contributed by atoms with E-state index in [1.54, 1.807) is 0 Å². The van der Waals surface area contributed by atoms with Gasteiger partial charge in [-0.2, -0.15) is 0 Å². The minimum atomic E-state index is 0. The van der Waals surface area contributed by atoms with Crippen LogP contribution in [-0.2, 0) is 0 Å². The number of nitrogens with one attached hydrogen (secondary N) is 1. The minimum absolute atomic E-state index is 0. The molecule has 1 saturated heterocycles. The van der Waals surface area contributed by atoms with Crippen LogP contribution in [0.5, 0.6) is 0 Å². The van der Waals surface area contributed by atoms with Crippen molar-refractivity contribution in [1.82, 2.24) is 10.2 Å². The van der Waals surface area contributed by atoms with Crippen molar-refractivity contribution in [2.75, 3.05) is 32.7 Å². The third kappa shape index (κ3) is 9.12. The second-order valence-corrected chi connectivity index (χ2v) is 4.84. The molecule has 0 bridgehead atoms. The molecule has 1 unspecified atom stereocenters. The highest BCUT2D eigenvalue weighted by molar-refractivity contribution is 5.85. The number of hydrogen-bond acceptors (Lipinski definition) is 2. The molecule has 0 aromatic heterocycles. The van der Waals surface area contributed by atoms with Crippen LogP contribution in [0.25, 0.3) is 0 Å². The molecule has 4 heteroatoms. The summed E-state index contributed by atoms with van der Waals surface area (Å²) in [7, 11) is 0. The first-order valence-electron chi connectivity index (χ1n) is 6.79. The van der Waals surface area contributed by atoms with Crippen molar-refractivity contribution >= 4 is 24.8 Å².